The van der Waals surface area contributed by atoms with E-state index in [1.54, 1.807) is 41.6 Å². The molecule has 0 saturated carbocycles. The number of benzene rings is 1. The summed E-state index contributed by atoms with van der Waals surface area (Å²) in [5, 5.41) is 0.545. The summed E-state index contributed by atoms with van der Waals surface area (Å²) < 4.78 is 30.4. The topological polar surface area (TPSA) is 110 Å². The highest BCUT2D eigenvalue weighted by atomic mass is 32.2. The number of sulfonamides is 1. The van der Waals surface area contributed by atoms with Crippen molar-refractivity contribution in [1.29, 1.82) is 0 Å². The van der Waals surface area contributed by atoms with Crippen LogP contribution in [0.3, 0.4) is 0 Å². The third-order valence-corrected chi connectivity index (χ3v) is 7.57. The first-order chi connectivity index (χ1) is 15.3. The number of hydrogen-bond donors (Lipinski definition) is 0. The maximum atomic E-state index is 12.9. The van der Waals surface area contributed by atoms with Gasteiger partial charge in [-0.3, -0.25) is 14.2 Å². The fourth-order valence-corrected chi connectivity index (χ4v) is 5.30. The van der Waals surface area contributed by atoms with E-state index in [2.05, 4.69) is 9.97 Å². The molecule has 32 heavy (non-hydrogen) atoms. The number of fused-ring (bicyclic) bond motifs is 1. The molecule has 0 atom stereocenters. The Labute approximate surface area is 186 Å². The van der Waals surface area contributed by atoms with Gasteiger partial charge in [-0.15, -0.1) is 0 Å². The number of hydrogen-bond acceptors (Lipinski definition) is 6. The first-order valence-corrected chi connectivity index (χ1v) is 11.9. The van der Waals surface area contributed by atoms with Crippen LogP contribution >= 0.6 is 0 Å². The van der Waals surface area contributed by atoms with Gasteiger partial charge < -0.3 is 9.47 Å². The Hall–Kier alpha value is -3.05. The lowest BCUT2D eigenvalue weighted by Gasteiger charge is -2.21. The maximum Gasteiger partial charge on any atom is 0.262 e. The van der Waals surface area contributed by atoms with Crippen molar-refractivity contribution in [3.8, 4) is 0 Å². The molecule has 0 bridgehead atoms. The van der Waals surface area contributed by atoms with Crippen LogP contribution in [0.1, 0.15) is 18.7 Å². The van der Waals surface area contributed by atoms with Gasteiger partial charge in [0.1, 0.15) is 5.82 Å². The molecule has 1 aromatic carbocycles. The summed E-state index contributed by atoms with van der Waals surface area (Å²) in [5.74, 6) is 0.506. The second-order valence-corrected chi connectivity index (χ2v) is 9.77. The molecule has 0 N–H and O–H groups in total. The summed E-state index contributed by atoms with van der Waals surface area (Å²) in [7, 11) is -1.96. The van der Waals surface area contributed by atoms with Crippen LogP contribution in [0.25, 0.3) is 10.9 Å². The zero-order valence-electron chi connectivity index (χ0n) is 18.1. The molecule has 1 amide bonds. The van der Waals surface area contributed by atoms with Crippen LogP contribution in [0.4, 0.5) is 0 Å². The summed E-state index contributed by atoms with van der Waals surface area (Å²) in [6.07, 6.45) is 3.65. The van der Waals surface area contributed by atoms with Crippen molar-refractivity contribution >= 4 is 26.8 Å². The molecule has 3 heterocycles. The first kappa shape index (κ1) is 22.2. The highest BCUT2D eigenvalue weighted by Gasteiger charge is 2.30. The highest BCUT2D eigenvalue weighted by molar-refractivity contribution is 7.89. The van der Waals surface area contributed by atoms with Crippen LogP contribution in [0.5, 0.6) is 0 Å². The Bertz CT molecular complexity index is 1290. The number of para-hydroxylation sites is 1. The normalized spacial score (nSPS) is 15.8. The molecule has 1 aliphatic rings. The smallest absolute Gasteiger partial charge is 0.262 e. The Balaban J connectivity index is 1.40. The lowest BCUT2D eigenvalue weighted by molar-refractivity contribution is -0.131. The van der Waals surface area contributed by atoms with E-state index in [1.165, 1.54) is 21.4 Å². The number of aryl methyl sites for hydroxylation is 3. The van der Waals surface area contributed by atoms with Gasteiger partial charge in [0.05, 0.1) is 17.2 Å². The van der Waals surface area contributed by atoms with Gasteiger partial charge in [-0.2, -0.15) is 4.31 Å². The van der Waals surface area contributed by atoms with Crippen molar-refractivity contribution in [1.82, 2.24) is 28.3 Å². The molecule has 10 nitrogen and oxygen atoms in total. The van der Waals surface area contributed by atoms with Gasteiger partial charge in [0, 0.05) is 52.4 Å². The fourth-order valence-electron chi connectivity index (χ4n) is 3.81. The van der Waals surface area contributed by atoms with Crippen molar-refractivity contribution < 1.29 is 13.2 Å². The molecule has 1 fully saturated rings. The third-order valence-electron chi connectivity index (χ3n) is 5.80. The molecular weight excluding hydrogens is 432 g/mol. The van der Waals surface area contributed by atoms with Gasteiger partial charge in [0.15, 0.2) is 5.03 Å². The van der Waals surface area contributed by atoms with Crippen LogP contribution in [0, 0.1) is 6.92 Å². The SMILES string of the molecule is Cc1nc(S(=O)(=O)N2CCCN(C(=O)CCn3cnc4ccccc4c3=O)CC2)cn1C. The van der Waals surface area contributed by atoms with Crippen molar-refractivity contribution in [2.45, 2.75) is 31.3 Å². The second-order valence-electron chi connectivity index (χ2n) is 7.89. The van der Waals surface area contributed by atoms with E-state index < -0.39 is 10.0 Å². The van der Waals surface area contributed by atoms with Gasteiger partial charge in [-0.1, -0.05) is 12.1 Å². The van der Waals surface area contributed by atoms with E-state index in [0.717, 1.165) is 0 Å². The van der Waals surface area contributed by atoms with Crippen LogP contribution in [-0.2, 0) is 28.4 Å². The van der Waals surface area contributed by atoms with E-state index in [-0.39, 0.29) is 36.0 Å². The molecule has 3 aromatic rings. The van der Waals surface area contributed by atoms with Gasteiger partial charge in [0.2, 0.25) is 5.91 Å². The number of aromatic nitrogens is 4. The van der Waals surface area contributed by atoms with E-state index in [4.69, 9.17) is 0 Å². The maximum absolute atomic E-state index is 12.9. The highest BCUT2D eigenvalue weighted by Crippen LogP contribution is 2.17. The number of carbonyl (C=O) groups is 1. The van der Waals surface area contributed by atoms with Gasteiger partial charge in [-0.05, 0) is 25.5 Å². The predicted octanol–water partition coefficient (Wildman–Crippen LogP) is 0.752. The van der Waals surface area contributed by atoms with Gasteiger partial charge >= 0.3 is 0 Å². The minimum Gasteiger partial charge on any atom is -0.341 e. The van der Waals surface area contributed by atoms with Crippen LogP contribution in [0.2, 0.25) is 0 Å². The average molecular weight is 459 g/mol. The minimum atomic E-state index is -3.71. The summed E-state index contributed by atoms with van der Waals surface area (Å²) in [5.41, 5.74) is 0.444. The van der Waals surface area contributed by atoms with E-state index in [1.807, 2.05) is 6.07 Å². The largest absolute Gasteiger partial charge is 0.341 e. The van der Waals surface area contributed by atoms with E-state index in [0.29, 0.717) is 42.8 Å². The number of rotatable bonds is 5. The Kier molecular flexibility index (Phi) is 6.11. The number of amides is 1. The average Bonchev–Trinajstić information content (AvgIpc) is 2.98. The molecule has 1 saturated heterocycles. The summed E-state index contributed by atoms with van der Waals surface area (Å²) in [6, 6.07) is 7.09. The van der Waals surface area contributed by atoms with E-state index in [9.17, 15) is 18.0 Å². The lowest BCUT2D eigenvalue weighted by Crippen LogP contribution is -2.38. The molecule has 170 valence electrons. The van der Waals surface area contributed by atoms with Crippen molar-refractivity contribution in [3.05, 3.63) is 53.0 Å². The molecule has 0 aliphatic carbocycles. The fraction of sp³-hybridized carbons (Fsp3) is 0.429. The Morgan fingerprint density at radius 2 is 1.91 bits per heavy atom. The van der Waals surface area contributed by atoms with Crippen molar-refractivity contribution in [2.24, 2.45) is 7.05 Å². The molecule has 11 heteroatoms. The molecule has 2 aromatic heterocycles. The monoisotopic (exact) mass is 458 g/mol. The lowest BCUT2D eigenvalue weighted by atomic mass is 10.2. The van der Waals surface area contributed by atoms with Crippen molar-refractivity contribution in [3.63, 3.8) is 0 Å². The Morgan fingerprint density at radius 3 is 2.66 bits per heavy atom. The standard InChI is InChI=1S/C21H26N6O4S/c1-16-23-19(14-24(16)2)32(30,31)27-10-5-9-25(12-13-27)20(28)8-11-26-15-22-18-7-4-3-6-17(18)21(26)29/h3-4,6-7,14-15H,5,8-13H2,1-2H3. The minimum absolute atomic E-state index is 0.0282. The number of carbonyl (C=O) groups excluding carboxylic acids is 1. The number of imidazole rings is 1. The first-order valence-electron chi connectivity index (χ1n) is 10.5. The zero-order valence-corrected chi connectivity index (χ0v) is 19.0. The molecule has 0 radical (unpaired) electrons. The van der Waals surface area contributed by atoms with Crippen LogP contribution in [-0.4, -0.2) is 68.8 Å². The molecule has 1 aliphatic heterocycles. The summed E-state index contributed by atoms with van der Waals surface area (Å²) in [4.78, 5) is 35.5. The number of nitrogens with zero attached hydrogens (tertiary/aromatic N) is 6. The molecule has 0 unspecified atom stereocenters. The van der Waals surface area contributed by atoms with Crippen LogP contribution in [0.15, 0.2) is 46.6 Å². The second kappa shape index (κ2) is 8.83. The van der Waals surface area contributed by atoms with Crippen LogP contribution < -0.4 is 5.56 Å². The van der Waals surface area contributed by atoms with Gasteiger partial charge in [0.25, 0.3) is 15.6 Å². The summed E-state index contributed by atoms with van der Waals surface area (Å²) >= 11 is 0. The zero-order chi connectivity index (χ0) is 22.9. The predicted molar refractivity (Wildman–Crippen MR) is 119 cm³/mol. The summed E-state index contributed by atoms with van der Waals surface area (Å²) in [6.45, 7) is 3.28. The van der Waals surface area contributed by atoms with E-state index >= 15 is 0 Å². The molecule has 0 spiro atoms. The quantitative estimate of drug-likeness (QED) is 0.558. The molecule has 4 rings (SSSR count). The third kappa shape index (κ3) is 4.30. The van der Waals surface area contributed by atoms with Crippen molar-refractivity contribution in [2.75, 3.05) is 26.2 Å². The molecular formula is C21H26N6O4S. The Morgan fingerprint density at radius 1 is 1.12 bits per heavy atom. The van der Waals surface area contributed by atoms with Gasteiger partial charge in [-0.25, -0.2) is 18.4 Å².